The molecule has 1 aliphatic rings. The van der Waals surface area contributed by atoms with Crippen LogP contribution in [0.1, 0.15) is 63.2 Å². The van der Waals surface area contributed by atoms with Crippen molar-refractivity contribution in [3.05, 3.63) is 58.9 Å². The monoisotopic (exact) mass is 356 g/mol. The van der Waals surface area contributed by atoms with E-state index < -0.39 is 11.9 Å². The summed E-state index contributed by atoms with van der Waals surface area (Å²) in [5, 5.41) is 0. The molecule has 0 amide bonds. The zero-order valence-corrected chi connectivity index (χ0v) is 16.1. The van der Waals surface area contributed by atoms with Crippen LogP contribution in [-0.2, 0) is 14.3 Å². The van der Waals surface area contributed by atoms with Gasteiger partial charge in [0.15, 0.2) is 0 Å². The molecule has 140 valence electrons. The summed E-state index contributed by atoms with van der Waals surface area (Å²) in [6.45, 7) is 6.69. The maximum absolute atomic E-state index is 12.3. The molecule has 0 unspecified atom stereocenters. The van der Waals surface area contributed by atoms with E-state index in [1.165, 1.54) is 30.8 Å². The van der Waals surface area contributed by atoms with E-state index in [1.54, 1.807) is 24.3 Å². The van der Waals surface area contributed by atoms with Crippen LogP contribution in [0, 0.1) is 5.41 Å². The third-order valence-corrected chi connectivity index (χ3v) is 5.02. The van der Waals surface area contributed by atoms with Crippen molar-refractivity contribution < 1.29 is 19.1 Å². The Hall–Kier alpha value is -2.36. The van der Waals surface area contributed by atoms with E-state index in [9.17, 15) is 9.59 Å². The zero-order chi connectivity index (χ0) is 19.2. The van der Waals surface area contributed by atoms with Gasteiger partial charge in [-0.3, -0.25) is 0 Å². The first-order valence-electron chi connectivity index (χ1n) is 9.08. The second-order valence-corrected chi connectivity index (χ2v) is 7.39. The first kappa shape index (κ1) is 20.0. The first-order valence-corrected chi connectivity index (χ1v) is 9.08. The minimum Gasteiger partial charge on any atom is -0.466 e. The van der Waals surface area contributed by atoms with Crippen LogP contribution in [0.15, 0.2) is 53.3 Å². The first-order chi connectivity index (χ1) is 12.3. The summed E-state index contributed by atoms with van der Waals surface area (Å²) in [7, 11) is 1.31. The van der Waals surface area contributed by atoms with Crippen LogP contribution in [0.25, 0.3) is 0 Å². The Morgan fingerprint density at radius 1 is 1.19 bits per heavy atom. The van der Waals surface area contributed by atoms with Gasteiger partial charge in [-0.25, -0.2) is 9.59 Å². The van der Waals surface area contributed by atoms with E-state index in [2.05, 4.69) is 20.8 Å². The van der Waals surface area contributed by atoms with Crippen molar-refractivity contribution >= 4 is 11.9 Å². The quantitative estimate of drug-likeness (QED) is 0.304. The van der Waals surface area contributed by atoms with Crippen LogP contribution in [0.2, 0.25) is 0 Å². The molecule has 1 aromatic carbocycles. The van der Waals surface area contributed by atoms with Gasteiger partial charge in [0.2, 0.25) is 0 Å². The Labute approximate surface area is 155 Å². The lowest BCUT2D eigenvalue weighted by Crippen LogP contribution is -2.20. The molecular formula is C22H28O4. The molecule has 0 spiro atoms. The van der Waals surface area contributed by atoms with Gasteiger partial charge in [0.25, 0.3) is 0 Å². The van der Waals surface area contributed by atoms with E-state index in [0.717, 1.165) is 19.3 Å². The number of carbonyl (C=O) groups excluding carboxylic acids is 2. The molecule has 2 rings (SSSR count). The van der Waals surface area contributed by atoms with Crippen molar-refractivity contribution in [1.29, 1.82) is 0 Å². The van der Waals surface area contributed by atoms with Crippen LogP contribution < -0.4 is 0 Å². The van der Waals surface area contributed by atoms with Crippen molar-refractivity contribution in [2.45, 2.75) is 52.9 Å². The van der Waals surface area contributed by atoms with Gasteiger partial charge in [-0.1, -0.05) is 43.2 Å². The van der Waals surface area contributed by atoms with Crippen LogP contribution in [-0.4, -0.2) is 19.0 Å². The minimum atomic E-state index is -0.519. The van der Waals surface area contributed by atoms with Crippen LogP contribution in [0.4, 0.5) is 0 Å². The van der Waals surface area contributed by atoms with Crippen molar-refractivity contribution in [2.24, 2.45) is 5.41 Å². The number of esters is 2. The van der Waals surface area contributed by atoms with Gasteiger partial charge in [0, 0.05) is 6.42 Å². The third kappa shape index (κ3) is 5.32. The van der Waals surface area contributed by atoms with Crippen molar-refractivity contribution in [2.75, 3.05) is 7.11 Å². The fourth-order valence-electron chi connectivity index (χ4n) is 3.57. The lowest BCUT2D eigenvalue weighted by atomic mass is 9.71. The Bertz CT molecular complexity index is 711. The number of allylic oxidation sites excluding steroid dienone is 3. The molecule has 0 bridgehead atoms. The standard InChI is InChI=1S/C22H28O4/c1-16-9-8-14-22(2,3)19(16)13-12-18(15-20(23)25-4)26-21(24)17-10-6-5-7-11-17/h5-7,10-11,15H,8-9,12-14H2,1-4H3/b18-15-. The summed E-state index contributed by atoms with van der Waals surface area (Å²) >= 11 is 0. The maximum Gasteiger partial charge on any atom is 0.343 e. The molecule has 4 nitrogen and oxygen atoms in total. The molecule has 0 fully saturated rings. The van der Waals surface area contributed by atoms with Gasteiger partial charge in [0.1, 0.15) is 5.76 Å². The molecule has 4 heteroatoms. The predicted molar refractivity (Wildman–Crippen MR) is 102 cm³/mol. The molecule has 0 saturated carbocycles. The molecule has 0 aliphatic heterocycles. The average Bonchev–Trinajstić information content (AvgIpc) is 2.61. The predicted octanol–water partition coefficient (Wildman–Crippen LogP) is 5.21. The largest absolute Gasteiger partial charge is 0.466 e. The molecule has 0 aromatic heterocycles. The topological polar surface area (TPSA) is 52.6 Å². The second kappa shape index (κ2) is 8.84. The maximum atomic E-state index is 12.3. The summed E-state index contributed by atoms with van der Waals surface area (Å²) in [6, 6.07) is 8.77. The normalized spacial score (nSPS) is 17.0. The smallest absolute Gasteiger partial charge is 0.343 e. The lowest BCUT2D eigenvalue weighted by Gasteiger charge is -2.34. The molecule has 0 saturated heterocycles. The van der Waals surface area contributed by atoms with Gasteiger partial charge in [-0.15, -0.1) is 0 Å². The summed E-state index contributed by atoms with van der Waals surface area (Å²) < 4.78 is 10.2. The molecule has 1 aliphatic carbocycles. The number of hydrogen-bond donors (Lipinski definition) is 0. The van der Waals surface area contributed by atoms with Crippen LogP contribution in [0.5, 0.6) is 0 Å². The highest BCUT2D eigenvalue weighted by molar-refractivity contribution is 5.90. The number of ether oxygens (including phenoxy) is 2. The highest BCUT2D eigenvalue weighted by atomic mass is 16.5. The summed E-state index contributed by atoms with van der Waals surface area (Å²) in [4.78, 5) is 24.0. The SMILES string of the molecule is COC(=O)/C=C(/CCC1=C(C)CCCC1(C)C)OC(=O)c1ccccc1. The second-order valence-electron chi connectivity index (χ2n) is 7.39. The van der Waals surface area contributed by atoms with E-state index in [4.69, 9.17) is 9.47 Å². The van der Waals surface area contributed by atoms with Crippen molar-refractivity contribution in [3.63, 3.8) is 0 Å². The molecule has 0 heterocycles. The number of benzene rings is 1. The van der Waals surface area contributed by atoms with Crippen molar-refractivity contribution in [3.8, 4) is 0 Å². The van der Waals surface area contributed by atoms with Gasteiger partial charge < -0.3 is 9.47 Å². The van der Waals surface area contributed by atoms with Gasteiger partial charge >= 0.3 is 11.9 Å². The van der Waals surface area contributed by atoms with Gasteiger partial charge in [-0.05, 0) is 50.2 Å². The Morgan fingerprint density at radius 3 is 2.50 bits per heavy atom. The number of methoxy groups -OCH3 is 1. The van der Waals surface area contributed by atoms with E-state index >= 15 is 0 Å². The third-order valence-electron chi connectivity index (χ3n) is 5.02. The zero-order valence-electron chi connectivity index (χ0n) is 16.1. The van der Waals surface area contributed by atoms with Crippen LogP contribution >= 0.6 is 0 Å². The Balaban J connectivity index is 2.14. The highest BCUT2D eigenvalue weighted by Gasteiger charge is 2.28. The van der Waals surface area contributed by atoms with Gasteiger partial charge in [0.05, 0.1) is 18.7 Å². The Kier molecular flexibility index (Phi) is 6.78. The molecule has 26 heavy (non-hydrogen) atoms. The number of hydrogen-bond acceptors (Lipinski definition) is 4. The molecule has 0 radical (unpaired) electrons. The lowest BCUT2D eigenvalue weighted by molar-refractivity contribution is -0.135. The summed E-state index contributed by atoms with van der Waals surface area (Å²) in [6.07, 6.45) is 5.99. The van der Waals surface area contributed by atoms with Gasteiger partial charge in [-0.2, -0.15) is 0 Å². The fourth-order valence-corrected chi connectivity index (χ4v) is 3.57. The fraction of sp³-hybridized carbons (Fsp3) is 0.455. The number of rotatable bonds is 6. The van der Waals surface area contributed by atoms with E-state index in [0.29, 0.717) is 17.7 Å². The van der Waals surface area contributed by atoms with Crippen molar-refractivity contribution in [1.82, 2.24) is 0 Å². The molecule has 0 atom stereocenters. The van der Waals surface area contributed by atoms with E-state index in [-0.39, 0.29) is 5.41 Å². The summed E-state index contributed by atoms with van der Waals surface area (Å²) in [5.41, 5.74) is 3.40. The summed E-state index contributed by atoms with van der Waals surface area (Å²) in [5.74, 6) is -0.642. The minimum absolute atomic E-state index is 0.141. The highest BCUT2D eigenvalue weighted by Crippen LogP contribution is 2.42. The van der Waals surface area contributed by atoms with Crippen LogP contribution in [0.3, 0.4) is 0 Å². The molecule has 1 aromatic rings. The molecule has 0 N–H and O–H groups in total. The average molecular weight is 356 g/mol. The number of carbonyl (C=O) groups is 2. The van der Waals surface area contributed by atoms with E-state index in [1.807, 2.05) is 6.07 Å². The molecular weight excluding hydrogens is 328 g/mol. The Morgan fingerprint density at radius 2 is 1.88 bits per heavy atom.